The Bertz CT molecular complexity index is 1310. The fourth-order valence-corrected chi connectivity index (χ4v) is 3.76. The van der Waals surface area contributed by atoms with Gasteiger partial charge in [0.2, 0.25) is 0 Å². The third kappa shape index (κ3) is 5.12. The van der Waals surface area contributed by atoms with Crippen LogP contribution in [0.3, 0.4) is 0 Å². The van der Waals surface area contributed by atoms with Crippen molar-refractivity contribution in [3.63, 3.8) is 0 Å². The van der Waals surface area contributed by atoms with E-state index in [4.69, 9.17) is 25.8 Å². The van der Waals surface area contributed by atoms with Gasteiger partial charge in [-0.25, -0.2) is 9.69 Å². The molecule has 9 heteroatoms. The summed E-state index contributed by atoms with van der Waals surface area (Å²) < 4.78 is 16.4. The van der Waals surface area contributed by atoms with E-state index in [1.807, 2.05) is 30.3 Å². The molecule has 1 fully saturated rings. The van der Waals surface area contributed by atoms with E-state index in [0.717, 1.165) is 10.5 Å². The first-order valence-corrected chi connectivity index (χ1v) is 10.9. The number of amides is 4. The van der Waals surface area contributed by atoms with Gasteiger partial charge in [0.15, 0.2) is 11.5 Å². The third-order valence-electron chi connectivity index (χ3n) is 5.22. The van der Waals surface area contributed by atoms with E-state index in [9.17, 15) is 14.4 Å². The molecule has 0 radical (unpaired) electrons. The molecule has 0 aliphatic carbocycles. The first kappa shape index (κ1) is 23.8. The van der Waals surface area contributed by atoms with Crippen LogP contribution < -0.4 is 24.4 Å². The highest BCUT2D eigenvalue weighted by Gasteiger charge is 2.36. The average Bonchev–Trinajstić information content (AvgIpc) is 2.86. The van der Waals surface area contributed by atoms with E-state index in [1.165, 1.54) is 20.3 Å². The molecule has 178 valence electrons. The van der Waals surface area contributed by atoms with Crippen LogP contribution in [-0.4, -0.2) is 32.1 Å². The lowest BCUT2D eigenvalue weighted by Gasteiger charge is -2.26. The number of barbiturate groups is 1. The topological polar surface area (TPSA) is 94.2 Å². The Hall–Kier alpha value is -4.30. The van der Waals surface area contributed by atoms with Gasteiger partial charge in [-0.05, 0) is 53.6 Å². The predicted molar refractivity (Wildman–Crippen MR) is 131 cm³/mol. The number of benzene rings is 3. The van der Waals surface area contributed by atoms with Crippen LogP contribution in [0.2, 0.25) is 5.02 Å². The normalized spacial score (nSPS) is 14.7. The zero-order chi connectivity index (χ0) is 24.9. The molecule has 3 aromatic carbocycles. The summed E-state index contributed by atoms with van der Waals surface area (Å²) in [7, 11) is 2.96. The number of anilines is 1. The van der Waals surface area contributed by atoms with E-state index >= 15 is 0 Å². The SMILES string of the molecule is COc1ccc(N2C(=O)NC(=O)/C(=C\c3cc(Cl)c(OCc4ccccc4)c(OC)c3)C2=O)cc1. The molecule has 1 aliphatic heterocycles. The largest absolute Gasteiger partial charge is 0.497 e. The van der Waals surface area contributed by atoms with Gasteiger partial charge in [0.25, 0.3) is 11.8 Å². The van der Waals surface area contributed by atoms with Crippen LogP contribution in [0.15, 0.2) is 72.3 Å². The van der Waals surface area contributed by atoms with E-state index in [2.05, 4.69) is 5.32 Å². The number of halogens is 1. The fraction of sp³-hybridized carbons (Fsp3) is 0.115. The lowest BCUT2D eigenvalue weighted by atomic mass is 10.1. The number of carbonyl (C=O) groups excluding carboxylic acids is 3. The monoisotopic (exact) mass is 492 g/mol. The molecular weight excluding hydrogens is 472 g/mol. The summed E-state index contributed by atoms with van der Waals surface area (Å²) in [6.45, 7) is 0.275. The van der Waals surface area contributed by atoms with E-state index in [0.29, 0.717) is 22.8 Å². The Morgan fingerprint density at radius 3 is 2.31 bits per heavy atom. The minimum absolute atomic E-state index is 0.235. The number of nitrogens with zero attached hydrogens (tertiary/aromatic N) is 1. The van der Waals surface area contributed by atoms with Gasteiger partial charge >= 0.3 is 6.03 Å². The number of rotatable bonds is 7. The highest BCUT2D eigenvalue weighted by molar-refractivity contribution is 6.39. The van der Waals surface area contributed by atoms with Gasteiger partial charge in [0.05, 0.1) is 24.9 Å². The number of imide groups is 2. The predicted octanol–water partition coefficient (Wildman–Crippen LogP) is 4.60. The minimum atomic E-state index is -0.845. The standard InChI is InChI=1S/C26H21ClN2O6/c1-33-19-10-8-18(9-11-19)29-25(31)20(24(30)28-26(29)32)12-17-13-21(27)23(22(14-17)34-2)35-15-16-6-4-3-5-7-16/h3-14H,15H2,1-2H3,(H,28,30,32)/b20-12+. The Labute approximate surface area is 206 Å². The zero-order valence-electron chi connectivity index (χ0n) is 18.9. The first-order chi connectivity index (χ1) is 16.9. The Balaban J connectivity index is 1.63. The van der Waals surface area contributed by atoms with Crippen LogP contribution in [0.4, 0.5) is 10.5 Å². The molecule has 0 atom stereocenters. The number of nitrogens with one attached hydrogen (secondary N) is 1. The maximum atomic E-state index is 13.1. The summed E-state index contributed by atoms with van der Waals surface area (Å²) in [6, 6.07) is 18.1. The summed E-state index contributed by atoms with van der Waals surface area (Å²) >= 11 is 6.45. The smallest absolute Gasteiger partial charge is 0.335 e. The van der Waals surface area contributed by atoms with E-state index in [-0.39, 0.29) is 22.9 Å². The van der Waals surface area contributed by atoms with Crippen molar-refractivity contribution in [2.45, 2.75) is 6.61 Å². The molecule has 4 rings (SSSR count). The van der Waals surface area contributed by atoms with Crippen LogP contribution in [0.25, 0.3) is 6.08 Å². The first-order valence-electron chi connectivity index (χ1n) is 10.5. The second kappa shape index (κ2) is 10.3. The number of carbonyl (C=O) groups is 3. The van der Waals surface area contributed by atoms with Crippen molar-refractivity contribution in [3.05, 3.63) is 88.5 Å². The number of hydrogen-bond acceptors (Lipinski definition) is 6. The molecule has 0 spiro atoms. The fourth-order valence-electron chi connectivity index (χ4n) is 3.48. The molecule has 1 aliphatic rings. The minimum Gasteiger partial charge on any atom is -0.497 e. The van der Waals surface area contributed by atoms with Gasteiger partial charge in [-0.1, -0.05) is 41.9 Å². The third-order valence-corrected chi connectivity index (χ3v) is 5.50. The highest BCUT2D eigenvalue weighted by atomic mass is 35.5. The molecule has 0 bridgehead atoms. The van der Waals surface area contributed by atoms with Crippen molar-refractivity contribution >= 4 is 41.2 Å². The van der Waals surface area contributed by atoms with Crippen molar-refractivity contribution in [2.75, 3.05) is 19.1 Å². The Kier molecular flexibility index (Phi) is 7.03. The van der Waals surface area contributed by atoms with Crippen LogP contribution in [0, 0.1) is 0 Å². The molecule has 0 aromatic heterocycles. The lowest BCUT2D eigenvalue weighted by molar-refractivity contribution is -0.122. The van der Waals surface area contributed by atoms with Gasteiger partial charge in [0.1, 0.15) is 17.9 Å². The van der Waals surface area contributed by atoms with Gasteiger partial charge in [-0.2, -0.15) is 0 Å². The molecular formula is C26H21ClN2O6. The quantitative estimate of drug-likeness (QED) is 0.382. The second-order valence-corrected chi connectivity index (χ2v) is 7.87. The summed E-state index contributed by atoms with van der Waals surface area (Å²) in [6.07, 6.45) is 1.34. The van der Waals surface area contributed by atoms with Crippen molar-refractivity contribution in [1.82, 2.24) is 5.32 Å². The molecule has 1 saturated heterocycles. The van der Waals surface area contributed by atoms with Crippen LogP contribution in [-0.2, 0) is 16.2 Å². The Morgan fingerprint density at radius 2 is 1.66 bits per heavy atom. The van der Waals surface area contributed by atoms with Crippen molar-refractivity contribution in [2.24, 2.45) is 0 Å². The van der Waals surface area contributed by atoms with E-state index in [1.54, 1.807) is 36.4 Å². The van der Waals surface area contributed by atoms with Crippen LogP contribution in [0.5, 0.6) is 17.2 Å². The highest BCUT2D eigenvalue weighted by Crippen LogP contribution is 2.38. The van der Waals surface area contributed by atoms with Crippen molar-refractivity contribution in [1.29, 1.82) is 0 Å². The van der Waals surface area contributed by atoms with E-state index < -0.39 is 17.8 Å². The molecule has 1 heterocycles. The number of hydrogen-bond donors (Lipinski definition) is 1. The van der Waals surface area contributed by atoms with Crippen molar-refractivity contribution < 1.29 is 28.6 Å². The van der Waals surface area contributed by atoms with Crippen molar-refractivity contribution in [3.8, 4) is 17.2 Å². The van der Waals surface area contributed by atoms with Gasteiger partial charge in [-0.15, -0.1) is 0 Å². The second-order valence-electron chi connectivity index (χ2n) is 7.46. The zero-order valence-corrected chi connectivity index (χ0v) is 19.7. The number of urea groups is 1. The molecule has 1 N–H and O–H groups in total. The summed E-state index contributed by atoms with van der Waals surface area (Å²) in [4.78, 5) is 38.9. The summed E-state index contributed by atoms with van der Waals surface area (Å²) in [5.74, 6) is -0.379. The summed E-state index contributed by atoms with van der Waals surface area (Å²) in [5, 5.41) is 2.42. The maximum Gasteiger partial charge on any atom is 0.335 e. The lowest BCUT2D eigenvalue weighted by Crippen LogP contribution is -2.54. The summed E-state index contributed by atoms with van der Waals surface area (Å²) in [5.41, 5.74) is 1.41. The van der Waals surface area contributed by atoms with Gasteiger partial charge < -0.3 is 14.2 Å². The molecule has 35 heavy (non-hydrogen) atoms. The van der Waals surface area contributed by atoms with Gasteiger partial charge in [0, 0.05) is 0 Å². The maximum absolute atomic E-state index is 13.1. The van der Waals surface area contributed by atoms with Crippen LogP contribution >= 0.6 is 11.6 Å². The number of ether oxygens (including phenoxy) is 3. The molecule has 0 saturated carbocycles. The van der Waals surface area contributed by atoms with Crippen LogP contribution in [0.1, 0.15) is 11.1 Å². The number of methoxy groups -OCH3 is 2. The molecule has 4 amide bonds. The Morgan fingerprint density at radius 1 is 0.943 bits per heavy atom. The average molecular weight is 493 g/mol. The van der Waals surface area contributed by atoms with Gasteiger partial charge in [-0.3, -0.25) is 14.9 Å². The molecule has 3 aromatic rings. The molecule has 0 unspecified atom stereocenters. The molecule has 8 nitrogen and oxygen atoms in total.